The Balaban J connectivity index is 1.07. The van der Waals surface area contributed by atoms with Crippen molar-refractivity contribution in [2.75, 3.05) is 37.7 Å². The van der Waals surface area contributed by atoms with Crippen LogP contribution in [0.3, 0.4) is 0 Å². The molecule has 1 aliphatic carbocycles. The zero-order valence-electron chi connectivity index (χ0n) is 27.8. The topological polar surface area (TPSA) is 83.1 Å². The van der Waals surface area contributed by atoms with Gasteiger partial charge in [0.15, 0.2) is 5.75 Å². The second kappa shape index (κ2) is 15.3. The van der Waals surface area contributed by atoms with E-state index in [1.165, 1.54) is 6.92 Å². The van der Waals surface area contributed by atoms with E-state index in [2.05, 4.69) is 39.8 Å². The van der Waals surface area contributed by atoms with Gasteiger partial charge in [-0.1, -0.05) is 70.7 Å². The number of benzene rings is 3. The van der Waals surface area contributed by atoms with E-state index in [0.717, 1.165) is 72.3 Å². The molecule has 0 unspecified atom stereocenters. The fraction of sp³-hybridized carbons (Fsp3) is 0.421. The van der Waals surface area contributed by atoms with Gasteiger partial charge in [0, 0.05) is 69.3 Å². The molecule has 2 bridgehead atoms. The van der Waals surface area contributed by atoms with Crippen LogP contribution in [0.15, 0.2) is 60.2 Å². The molecule has 3 heterocycles. The molecule has 0 aromatic heterocycles. The Morgan fingerprint density at radius 2 is 1.72 bits per heavy atom. The van der Waals surface area contributed by atoms with Crippen LogP contribution in [0.5, 0.6) is 5.75 Å². The maximum Gasteiger partial charge on any atom is 0.302 e. The summed E-state index contributed by atoms with van der Waals surface area (Å²) >= 11 is 26.1. The first kappa shape index (κ1) is 35.4. The summed E-state index contributed by atoms with van der Waals surface area (Å²) in [7, 11) is 0. The van der Waals surface area contributed by atoms with E-state index in [9.17, 15) is 9.59 Å². The van der Waals surface area contributed by atoms with E-state index in [1.807, 2.05) is 29.2 Å². The molecule has 50 heavy (non-hydrogen) atoms. The van der Waals surface area contributed by atoms with Gasteiger partial charge in [-0.3, -0.25) is 9.59 Å². The van der Waals surface area contributed by atoms with Crippen LogP contribution in [0.4, 0.5) is 5.69 Å². The van der Waals surface area contributed by atoms with E-state index in [4.69, 9.17) is 55.9 Å². The molecule has 2 saturated heterocycles. The molecule has 0 spiro atoms. The van der Waals surface area contributed by atoms with Gasteiger partial charge in [0.2, 0.25) is 0 Å². The van der Waals surface area contributed by atoms with Crippen LogP contribution >= 0.6 is 46.4 Å². The zero-order chi connectivity index (χ0) is 34.9. The molecular formula is C38H40Cl4N4O4. The summed E-state index contributed by atoms with van der Waals surface area (Å²) in [5.74, 6) is 0.217. The number of hydrogen-bond acceptors (Lipinski definition) is 7. The SMILES string of the molecule is CC(=O)OCCc1cc(Cl)c(O[C@@H]2CCN(c3ccc(C4=C(C(=O)N(Cc5cccc(Cl)c5Cl)C5CC5)[C@H]5CNC[C@@H](C4)N5)cc3)C2)c(Cl)c1. The van der Waals surface area contributed by atoms with Crippen LogP contribution in [-0.4, -0.2) is 73.8 Å². The number of carbonyl (C=O) groups is 2. The molecule has 7 rings (SSSR count). The van der Waals surface area contributed by atoms with Gasteiger partial charge in [-0.05, 0) is 71.9 Å². The van der Waals surface area contributed by atoms with E-state index in [1.54, 1.807) is 6.07 Å². The highest BCUT2D eigenvalue weighted by Crippen LogP contribution is 2.39. The lowest BCUT2D eigenvalue weighted by Gasteiger charge is -2.41. The van der Waals surface area contributed by atoms with E-state index in [0.29, 0.717) is 51.9 Å². The molecule has 2 N–H and O–H groups in total. The molecule has 1 saturated carbocycles. The largest absolute Gasteiger partial charge is 0.485 e. The summed E-state index contributed by atoms with van der Waals surface area (Å²) < 4.78 is 11.4. The fourth-order valence-corrected chi connectivity index (χ4v) is 8.28. The quantitative estimate of drug-likeness (QED) is 0.198. The summed E-state index contributed by atoms with van der Waals surface area (Å²) in [6.45, 7) is 5.16. The Morgan fingerprint density at radius 1 is 0.960 bits per heavy atom. The molecule has 12 heteroatoms. The minimum atomic E-state index is -0.321. The molecule has 0 radical (unpaired) electrons. The first-order valence-electron chi connectivity index (χ1n) is 17.2. The third-order valence-corrected chi connectivity index (χ3v) is 11.3. The lowest BCUT2D eigenvalue weighted by atomic mass is 9.83. The van der Waals surface area contributed by atoms with Crippen molar-refractivity contribution in [2.45, 2.75) is 69.8 Å². The molecule has 4 aliphatic rings. The average Bonchev–Trinajstić information content (AvgIpc) is 3.83. The highest BCUT2D eigenvalue weighted by molar-refractivity contribution is 6.42. The van der Waals surface area contributed by atoms with E-state index in [-0.39, 0.29) is 42.7 Å². The van der Waals surface area contributed by atoms with Gasteiger partial charge in [-0.2, -0.15) is 0 Å². The van der Waals surface area contributed by atoms with Crippen LogP contribution in [0.2, 0.25) is 20.1 Å². The van der Waals surface area contributed by atoms with Gasteiger partial charge in [0.25, 0.3) is 5.91 Å². The number of anilines is 1. The van der Waals surface area contributed by atoms with E-state index < -0.39 is 0 Å². The third-order valence-electron chi connectivity index (χ3n) is 9.92. The Bertz CT molecular complexity index is 1770. The minimum absolute atomic E-state index is 0.0663. The maximum atomic E-state index is 14.5. The van der Waals surface area contributed by atoms with Gasteiger partial charge in [0.05, 0.1) is 39.3 Å². The minimum Gasteiger partial charge on any atom is -0.485 e. The molecule has 264 valence electrons. The first-order chi connectivity index (χ1) is 24.1. The third kappa shape index (κ3) is 7.91. The Morgan fingerprint density at radius 3 is 2.44 bits per heavy atom. The highest BCUT2D eigenvalue weighted by Gasteiger charge is 2.41. The fourth-order valence-electron chi connectivity index (χ4n) is 7.28. The smallest absolute Gasteiger partial charge is 0.302 e. The summed E-state index contributed by atoms with van der Waals surface area (Å²) in [5, 5.41) is 9.12. The summed E-state index contributed by atoms with van der Waals surface area (Å²) in [4.78, 5) is 29.9. The lowest BCUT2D eigenvalue weighted by Crippen LogP contribution is -2.60. The van der Waals surface area contributed by atoms with Crippen LogP contribution in [0.1, 0.15) is 49.3 Å². The lowest BCUT2D eigenvalue weighted by molar-refractivity contribution is -0.140. The van der Waals surface area contributed by atoms with Crippen LogP contribution in [-0.2, 0) is 27.3 Å². The van der Waals surface area contributed by atoms with Gasteiger partial charge >= 0.3 is 5.97 Å². The van der Waals surface area contributed by atoms with Crippen molar-refractivity contribution in [1.82, 2.24) is 15.5 Å². The predicted molar refractivity (Wildman–Crippen MR) is 200 cm³/mol. The average molecular weight is 759 g/mol. The number of piperazine rings is 1. The van der Waals surface area contributed by atoms with Crippen molar-refractivity contribution in [3.8, 4) is 5.75 Å². The van der Waals surface area contributed by atoms with Gasteiger partial charge in [-0.15, -0.1) is 0 Å². The standard InChI is InChI=1S/C38H40Cl4N4O4/c1-22(47)49-14-12-23-15-32(40)37(33(41)16-23)50-29-11-13-45(21-29)27-7-5-24(6-8-27)30-17-26-18-43-19-34(44-26)35(30)38(48)46(28-9-10-28)20-25-3-2-4-31(39)36(25)42/h2-8,15-16,26,28-29,34,43-44H,9-14,17-21H2,1H3/t26-,29-,34-/m1/s1. The van der Waals surface area contributed by atoms with Crippen molar-refractivity contribution < 1.29 is 19.1 Å². The Hall–Kier alpha value is -2.98. The Kier molecular flexibility index (Phi) is 10.9. The Labute approximate surface area is 313 Å². The highest BCUT2D eigenvalue weighted by atomic mass is 35.5. The molecule has 3 aromatic rings. The number of ether oxygens (including phenoxy) is 2. The monoisotopic (exact) mass is 756 g/mol. The van der Waals surface area contributed by atoms with Gasteiger partial charge < -0.3 is 29.9 Å². The van der Waals surface area contributed by atoms with Gasteiger partial charge in [-0.25, -0.2) is 0 Å². The van der Waals surface area contributed by atoms with Crippen LogP contribution in [0, 0.1) is 0 Å². The number of amides is 1. The summed E-state index contributed by atoms with van der Waals surface area (Å²) in [5.41, 5.74) is 5.86. The number of nitrogens with one attached hydrogen (secondary N) is 2. The zero-order valence-corrected chi connectivity index (χ0v) is 30.8. The van der Waals surface area contributed by atoms with Crippen LogP contribution < -0.4 is 20.3 Å². The van der Waals surface area contributed by atoms with Crippen molar-refractivity contribution >= 4 is 69.5 Å². The second-order valence-corrected chi connectivity index (χ2v) is 15.1. The number of fused-ring (bicyclic) bond motifs is 2. The van der Waals surface area contributed by atoms with Crippen molar-refractivity contribution in [2.24, 2.45) is 0 Å². The number of nitrogens with zero attached hydrogens (tertiary/aromatic N) is 2. The number of esters is 1. The van der Waals surface area contributed by atoms with Crippen molar-refractivity contribution in [1.29, 1.82) is 0 Å². The van der Waals surface area contributed by atoms with Gasteiger partial charge in [0.1, 0.15) is 6.10 Å². The van der Waals surface area contributed by atoms with Crippen molar-refractivity contribution in [3.63, 3.8) is 0 Å². The number of rotatable bonds is 11. The first-order valence-corrected chi connectivity index (χ1v) is 18.7. The molecule has 1 amide bonds. The second-order valence-electron chi connectivity index (χ2n) is 13.5. The number of halogens is 4. The van der Waals surface area contributed by atoms with E-state index >= 15 is 0 Å². The molecule has 8 nitrogen and oxygen atoms in total. The normalized spacial score (nSPS) is 21.7. The molecule has 3 aliphatic heterocycles. The predicted octanol–water partition coefficient (Wildman–Crippen LogP) is 7.34. The maximum absolute atomic E-state index is 14.5. The molecule has 3 aromatic carbocycles. The number of hydrogen-bond donors (Lipinski definition) is 2. The summed E-state index contributed by atoms with van der Waals surface area (Å²) in [6.07, 6.45) is 4.00. The molecule has 3 atom stereocenters. The molecular weight excluding hydrogens is 718 g/mol. The molecule has 3 fully saturated rings. The number of carbonyl (C=O) groups excluding carboxylic acids is 2. The van der Waals surface area contributed by atoms with Crippen molar-refractivity contribution in [3.05, 3.63) is 97.0 Å². The summed E-state index contributed by atoms with van der Waals surface area (Å²) in [6, 6.07) is 18.2. The van der Waals surface area contributed by atoms with Crippen LogP contribution in [0.25, 0.3) is 5.57 Å².